The van der Waals surface area contributed by atoms with E-state index in [1.165, 1.54) is 0 Å². The van der Waals surface area contributed by atoms with Crippen molar-refractivity contribution in [3.63, 3.8) is 0 Å². The number of hydrogen-bond acceptors (Lipinski definition) is 3. The predicted molar refractivity (Wildman–Crippen MR) is 93.5 cm³/mol. The van der Waals surface area contributed by atoms with Gasteiger partial charge in [-0.15, -0.1) is 0 Å². The Labute approximate surface area is 141 Å². The number of anilines is 2. The van der Waals surface area contributed by atoms with Gasteiger partial charge in [0.15, 0.2) is 0 Å². The van der Waals surface area contributed by atoms with Crippen molar-refractivity contribution in [3.05, 3.63) is 53.1 Å². The maximum atomic E-state index is 12.6. The molecule has 0 bridgehead atoms. The zero-order valence-electron chi connectivity index (χ0n) is 13.2. The summed E-state index contributed by atoms with van der Waals surface area (Å²) in [6.07, 6.45) is 0.680. The number of carbonyl (C=O) groups is 1. The van der Waals surface area contributed by atoms with E-state index in [4.69, 9.17) is 16.3 Å². The summed E-state index contributed by atoms with van der Waals surface area (Å²) in [4.78, 5) is 14.6. The average molecular weight is 331 g/mol. The SMILES string of the molecule is CN(C)c1ccc(Cl)cc1NC(=O)C1COc2ccccc2C1. The van der Waals surface area contributed by atoms with Crippen molar-refractivity contribution in [2.45, 2.75) is 6.42 Å². The molecule has 1 unspecified atom stereocenters. The van der Waals surface area contributed by atoms with Gasteiger partial charge in [-0.25, -0.2) is 0 Å². The van der Waals surface area contributed by atoms with Gasteiger partial charge in [-0.05, 0) is 36.2 Å². The highest BCUT2D eigenvalue weighted by Gasteiger charge is 2.26. The summed E-state index contributed by atoms with van der Waals surface area (Å²) in [5.41, 5.74) is 2.70. The Hall–Kier alpha value is -2.20. The van der Waals surface area contributed by atoms with Crippen molar-refractivity contribution in [2.75, 3.05) is 30.9 Å². The number of nitrogens with zero attached hydrogens (tertiary/aromatic N) is 1. The van der Waals surface area contributed by atoms with Crippen molar-refractivity contribution in [1.29, 1.82) is 0 Å². The summed E-state index contributed by atoms with van der Waals surface area (Å²) in [7, 11) is 3.86. The van der Waals surface area contributed by atoms with Crippen LogP contribution in [0.4, 0.5) is 11.4 Å². The summed E-state index contributed by atoms with van der Waals surface area (Å²) in [5, 5.41) is 3.58. The second-order valence-corrected chi connectivity index (χ2v) is 6.30. The molecule has 2 aromatic rings. The van der Waals surface area contributed by atoms with Crippen molar-refractivity contribution in [3.8, 4) is 5.75 Å². The van der Waals surface area contributed by atoms with Gasteiger partial charge in [0.2, 0.25) is 5.91 Å². The zero-order chi connectivity index (χ0) is 16.4. The number of fused-ring (bicyclic) bond motifs is 1. The second-order valence-electron chi connectivity index (χ2n) is 5.86. The number of benzene rings is 2. The Balaban J connectivity index is 1.77. The number of rotatable bonds is 3. The fourth-order valence-corrected chi connectivity index (χ4v) is 2.90. The highest BCUT2D eigenvalue weighted by Crippen LogP contribution is 2.30. The standard InChI is InChI=1S/C18H19ClN2O2/c1-21(2)16-8-7-14(19)10-15(16)20-18(22)13-9-12-5-3-4-6-17(12)23-11-13/h3-8,10,13H,9,11H2,1-2H3,(H,20,22). The largest absolute Gasteiger partial charge is 0.492 e. The molecule has 0 fully saturated rings. The molecule has 3 rings (SSSR count). The van der Waals surface area contributed by atoms with Gasteiger partial charge in [-0.1, -0.05) is 29.8 Å². The first-order valence-electron chi connectivity index (χ1n) is 7.53. The molecule has 4 nitrogen and oxygen atoms in total. The van der Waals surface area contributed by atoms with Gasteiger partial charge in [-0.3, -0.25) is 4.79 Å². The van der Waals surface area contributed by atoms with E-state index >= 15 is 0 Å². The fourth-order valence-electron chi connectivity index (χ4n) is 2.73. The van der Waals surface area contributed by atoms with Crippen LogP contribution in [0.3, 0.4) is 0 Å². The van der Waals surface area contributed by atoms with E-state index in [-0.39, 0.29) is 11.8 Å². The summed E-state index contributed by atoms with van der Waals surface area (Å²) >= 11 is 6.06. The van der Waals surface area contributed by atoms with Crippen LogP contribution in [0.2, 0.25) is 5.02 Å². The van der Waals surface area contributed by atoms with Crippen molar-refractivity contribution in [1.82, 2.24) is 0 Å². The normalized spacial score (nSPS) is 16.2. The smallest absolute Gasteiger partial charge is 0.231 e. The van der Waals surface area contributed by atoms with E-state index in [9.17, 15) is 4.79 Å². The quantitative estimate of drug-likeness (QED) is 0.935. The molecule has 1 atom stereocenters. The summed E-state index contributed by atoms with van der Waals surface area (Å²) < 4.78 is 5.70. The predicted octanol–water partition coefficient (Wildman–Crippen LogP) is 3.60. The van der Waals surface area contributed by atoms with Gasteiger partial charge in [0, 0.05) is 19.1 Å². The van der Waals surface area contributed by atoms with Crippen LogP contribution in [0.25, 0.3) is 0 Å². The van der Waals surface area contributed by atoms with Gasteiger partial charge in [0.05, 0.1) is 17.3 Å². The molecule has 0 saturated carbocycles. The first kappa shape index (κ1) is 15.7. The summed E-state index contributed by atoms with van der Waals surface area (Å²) in [6.45, 7) is 0.390. The van der Waals surface area contributed by atoms with E-state index in [0.29, 0.717) is 23.7 Å². The van der Waals surface area contributed by atoms with Gasteiger partial charge < -0.3 is 15.0 Å². The molecule has 5 heteroatoms. The number of para-hydroxylation sites is 1. The highest BCUT2D eigenvalue weighted by atomic mass is 35.5. The third-order valence-electron chi connectivity index (χ3n) is 3.95. The number of amides is 1. The molecule has 0 aliphatic carbocycles. The summed E-state index contributed by atoms with van der Waals surface area (Å²) in [6, 6.07) is 13.3. The molecule has 23 heavy (non-hydrogen) atoms. The number of halogens is 1. The highest BCUT2D eigenvalue weighted by molar-refractivity contribution is 6.31. The van der Waals surface area contributed by atoms with Crippen molar-refractivity contribution >= 4 is 28.9 Å². The molecule has 1 aliphatic heterocycles. The molecular formula is C18H19ClN2O2. The third-order valence-corrected chi connectivity index (χ3v) is 4.18. The lowest BCUT2D eigenvalue weighted by molar-refractivity contribution is -0.121. The average Bonchev–Trinajstić information content (AvgIpc) is 2.54. The van der Waals surface area contributed by atoms with E-state index in [1.807, 2.05) is 55.4 Å². The van der Waals surface area contributed by atoms with Crippen LogP contribution in [0.1, 0.15) is 5.56 Å². The first-order valence-corrected chi connectivity index (χ1v) is 7.91. The molecule has 1 amide bonds. The maximum Gasteiger partial charge on any atom is 0.231 e. The minimum absolute atomic E-state index is 0.0510. The molecule has 2 aromatic carbocycles. The monoisotopic (exact) mass is 330 g/mol. The van der Waals surface area contributed by atoms with Crippen LogP contribution in [-0.2, 0) is 11.2 Å². The minimum Gasteiger partial charge on any atom is -0.492 e. The maximum absolute atomic E-state index is 12.6. The lowest BCUT2D eigenvalue weighted by Crippen LogP contribution is -2.33. The van der Waals surface area contributed by atoms with Crippen LogP contribution in [0, 0.1) is 5.92 Å². The topological polar surface area (TPSA) is 41.6 Å². The number of ether oxygens (including phenoxy) is 1. The molecule has 1 aliphatic rings. The Morgan fingerprint density at radius 1 is 1.26 bits per heavy atom. The van der Waals surface area contributed by atoms with Gasteiger partial charge in [0.1, 0.15) is 12.4 Å². The molecule has 0 saturated heterocycles. The number of nitrogens with one attached hydrogen (secondary N) is 1. The molecular weight excluding hydrogens is 312 g/mol. The fraction of sp³-hybridized carbons (Fsp3) is 0.278. The van der Waals surface area contributed by atoms with E-state index < -0.39 is 0 Å². The minimum atomic E-state index is -0.209. The van der Waals surface area contributed by atoms with Gasteiger partial charge in [0.25, 0.3) is 0 Å². The Bertz CT molecular complexity index is 731. The van der Waals surface area contributed by atoms with Crippen molar-refractivity contribution in [2.24, 2.45) is 5.92 Å². The Morgan fingerprint density at radius 3 is 2.83 bits per heavy atom. The van der Waals surface area contributed by atoms with E-state index in [1.54, 1.807) is 6.07 Å². The number of hydrogen-bond donors (Lipinski definition) is 1. The van der Waals surface area contributed by atoms with Gasteiger partial charge >= 0.3 is 0 Å². The Morgan fingerprint density at radius 2 is 2.04 bits per heavy atom. The molecule has 0 radical (unpaired) electrons. The second kappa shape index (κ2) is 6.50. The van der Waals surface area contributed by atoms with E-state index in [2.05, 4.69) is 5.32 Å². The van der Waals surface area contributed by atoms with Crippen LogP contribution < -0.4 is 15.0 Å². The molecule has 120 valence electrons. The van der Waals surface area contributed by atoms with Crippen molar-refractivity contribution < 1.29 is 9.53 Å². The lowest BCUT2D eigenvalue weighted by Gasteiger charge is -2.25. The van der Waals surface area contributed by atoms with Crippen LogP contribution in [-0.4, -0.2) is 26.6 Å². The first-order chi connectivity index (χ1) is 11.0. The van der Waals surface area contributed by atoms with Crippen LogP contribution in [0.5, 0.6) is 5.75 Å². The van der Waals surface area contributed by atoms with Crippen LogP contribution >= 0.6 is 11.6 Å². The Kier molecular flexibility index (Phi) is 4.44. The molecule has 0 spiro atoms. The third kappa shape index (κ3) is 3.42. The zero-order valence-corrected chi connectivity index (χ0v) is 13.9. The summed E-state index contributed by atoms with van der Waals surface area (Å²) in [5.74, 6) is 0.608. The molecule has 0 aromatic heterocycles. The molecule has 1 N–H and O–H groups in total. The van der Waals surface area contributed by atoms with Gasteiger partial charge in [-0.2, -0.15) is 0 Å². The molecule has 1 heterocycles. The van der Waals surface area contributed by atoms with E-state index in [0.717, 1.165) is 17.0 Å². The van der Waals surface area contributed by atoms with Crippen LogP contribution in [0.15, 0.2) is 42.5 Å². The number of carbonyl (C=O) groups excluding carboxylic acids is 1. The lowest BCUT2D eigenvalue weighted by atomic mass is 9.96.